The van der Waals surface area contributed by atoms with E-state index in [1.54, 1.807) is 30.5 Å². The van der Waals surface area contributed by atoms with Gasteiger partial charge in [0, 0.05) is 23.2 Å². The number of pyridine rings is 1. The molecule has 0 saturated carbocycles. The van der Waals surface area contributed by atoms with E-state index in [-0.39, 0.29) is 11.3 Å². The summed E-state index contributed by atoms with van der Waals surface area (Å²) < 4.78 is 19.0. The summed E-state index contributed by atoms with van der Waals surface area (Å²) in [5.74, 6) is -0.619. The number of methoxy groups -OCH3 is 1. The van der Waals surface area contributed by atoms with E-state index in [4.69, 9.17) is 4.74 Å². The van der Waals surface area contributed by atoms with Crippen LogP contribution in [-0.4, -0.2) is 17.9 Å². The van der Waals surface area contributed by atoms with Crippen molar-refractivity contribution < 1.29 is 13.9 Å². The van der Waals surface area contributed by atoms with Gasteiger partial charge in [0.1, 0.15) is 11.6 Å². The molecule has 0 saturated heterocycles. The maximum atomic E-state index is 14.1. The van der Waals surface area contributed by atoms with Gasteiger partial charge in [-0.25, -0.2) is 4.39 Å². The summed E-state index contributed by atoms with van der Waals surface area (Å²) in [6.45, 7) is 0. The van der Waals surface area contributed by atoms with Crippen LogP contribution < -0.4 is 4.74 Å². The molecule has 0 fully saturated rings. The van der Waals surface area contributed by atoms with E-state index in [2.05, 4.69) is 4.98 Å². The van der Waals surface area contributed by atoms with E-state index in [1.165, 1.54) is 19.2 Å². The molecule has 0 bridgehead atoms. The smallest absolute Gasteiger partial charge is 0.198 e. The summed E-state index contributed by atoms with van der Waals surface area (Å²) in [5, 5.41) is 0.845. The molecule has 1 heterocycles. The first-order valence-electron chi connectivity index (χ1n) is 6.42. The molecule has 1 aromatic heterocycles. The second-order valence-electron chi connectivity index (χ2n) is 4.56. The second kappa shape index (κ2) is 5.32. The fraction of sp³-hybridized carbons (Fsp3) is 0.0588. The quantitative estimate of drug-likeness (QED) is 0.688. The van der Waals surface area contributed by atoms with Gasteiger partial charge in [-0.3, -0.25) is 9.78 Å². The van der Waals surface area contributed by atoms with E-state index in [0.29, 0.717) is 16.8 Å². The first kappa shape index (κ1) is 13.2. The van der Waals surface area contributed by atoms with E-state index in [1.807, 2.05) is 12.1 Å². The van der Waals surface area contributed by atoms with Crippen molar-refractivity contribution in [2.75, 3.05) is 7.11 Å². The number of rotatable bonds is 3. The van der Waals surface area contributed by atoms with Crippen molar-refractivity contribution in [3.05, 3.63) is 71.7 Å². The molecule has 0 aliphatic carbocycles. The maximum absolute atomic E-state index is 14.1. The topological polar surface area (TPSA) is 39.2 Å². The highest BCUT2D eigenvalue weighted by molar-refractivity contribution is 6.15. The van der Waals surface area contributed by atoms with Crippen LogP contribution >= 0.6 is 0 Å². The van der Waals surface area contributed by atoms with Gasteiger partial charge in [-0.05, 0) is 24.3 Å². The molecule has 3 rings (SSSR count). The van der Waals surface area contributed by atoms with Crippen LogP contribution in [-0.2, 0) is 0 Å². The highest BCUT2D eigenvalue weighted by Crippen LogP contribution is 2.23. The van der Waals surface area contributed by atoms with Gasteiger partial charge < -0.3 is 4.74 Å². The third-order valence-electron chi connectivity index (χ3n) is 3.30. The lowest BCUT2D eigenvalue weighted by Gasteiger charge is -2.07. The zero-order valence-electron chi connectivity index (χ0n) is 11.3. The molecule has 0 N–H and O–H groups in total. The first-order valence-corrected chi connectivity index (χ1v) is 6.42. The first-order chi connectivity index (χ1) is 10.2. The monoisotopic (exact) mass is 281 g/mol. The number of carbonyl (C=O) groups is 1. The third-order valence-corrected chi connectivity index (χ3v) is 3.30. The normalized spacial score (nSPS) is 10.6. The summed E-state index contributed by atoms with van der Waals surface area (Å²) in [6, 6.07) is 13.1. The number of carbonyl (C=O) groups excluding carboxylic acids is 1. The minimum atomic E-state index is -0.604. The summed E-state index contributed by atoms with van der Waals surface area (Å²) in [7, 11) is 1.45. The number of aromatic nitrogens is 1. The molecule has 0 aliphatic rings. The molecule has 3 aromatic rings. The fourth-order valence-electron chi connectivity index (χ4n) is 2.24. The Labute approximate surface area is 121 Å². The fourth-order valence-corrected chi connectivity index (χ4v) is 2.24. The predicted molar refractivity (Wildman–Crippen MR) is 78.1 cm³/mol. The van der Waals surface area contributed by atoms with Crippen LogP contribution in [0.4, 0.5) is 4.39 Å². The lowest BCUT2D eigenvalue weighted by atomic mass is 10.00. The molecule has 0 aliphatic heterocycles. The zero-order chi connectivity index (χ0) is 14.8. The van der Waals surface area contributed by atoms with Gasteiger partial charge in [0.05, 0.1) is 18.2 Å². The van der Waals surface area contributed by atoms with Crippen molar-refractivity contribution in [2.45, 2.75) is 0 Å². The number of hydrogen-bond donors (Lipinski definition) is 0. The summed E-state index contributed by atoms with van der Waals surface area (Å²) in [5.41, 5.74) is 0.964. The molecule has 0 unspecified atom stereocenters. The van der Waals surface area contributed by atoms with Crippen molar-refractivity contribution in [3.8, 4) is 5.75 Å². The molecule has 4 heteroatoms. The van der Waals surface area contributed by atoms with Crippen LogP contribution in [0.1, 0.15) is 15.9 Å². The van der Waals surface area contributed by atoms with Crippen molar-refractivity contribution >= 4 is 16.7 Å². The standard InChI is InChI=1S/C17H12FNO2/c1-21-12-7-8-13(15(18)10-12)17(20)14-6-2-4-11-5-3-9-19-16(11)14/h2-10H,1H3. The molecule has 0 spiro atoms. The van der Waals surface area contributed by atoms with Crippen LogP contribution in [0.15, 0.2) is 54.7 Å². The lowest BCUT2D eigenvalue weighted by molar-refractivity contribution is 0.103. The SMILES string of the molecule is COc1ccc(C(=O)c2cccc3cccnc23)c(F)c1. The second-order valence-corrected chi connectivity index (χ2v) is 4.56. The number of ether oxygens (including phenoxy) is 1. The highest BCUT2D eigenvalue weighted by Gasteiger charge is 2.17. The number of nitrogens with zero attached hydrogens (tertiary/aromatic N) is 1. The number of ketones is 1. The predicted octanol–water partition coefficient (Wildman–Crippen LogP) is 3.61. The molecule has 21 heavy (non-hydrogen) atoms. The molecule has 2 aromatic carbocycles. The Morgan fingerprint density at radius 3 is 2.67 bits per heavy atom. The molecule has 0 atom stereocenters. The number of hydrogen-bond acceptors (Lipinski definition) is 3. The van der Waals surface area contributed by atoms with Crippen LogP contribution in [0.25, 0.3) is 10.9 Å². The van der Waals surface area contributed by atoms with Gasteiger partial charge in [-0.1, -0.05) is 18.2 Å². The molecule has 0 amide bonds. The maximum Gasteiger partial charge on any atom is 0.198 e. The van der Waals surface area contributed by atoms with Crippen molar-refractivity contribution in [2.24, 2.45) is 0 Å². The van der Waals surface area contributed by atoms with Gasteiger partial charge in [0.25, 0.3) is 0 Å². The van der Waals surface area contributed by atoms with Crippen LogP contribution in [0.2, 0.25) is 0 Å². The van der Waals surface area contributed by atoms with Gasteiger partial charge >= 0.3 is 0 Å². The molecule has 0 radical (unpaired) electrons. The molecule has 3 nitrogen and oxygen atoms in total. The number of halogens is 1. The largest absolute Gasteiger partial charge is 0.497 e. The molecule has 104 valence electrons. The van der Waals surface area contributed by atoms with E-state index in [0.717, 1.165) is 5.39 Å². The number of para-hydroxylation sites is 1. The molecular weight excluding hydrogens is 269 g/mol. The highest BCUT2D eigenvalue weighted by atomic mass is 19.1. The Hall–Kier alpha value is -2.75. The lowest BCUT2D eigenvalue weighted by Crippen LogP contribution is -2.06. The van der Waals surface area contributed by atoms with Crippen LogP contribution in [0, 0.1) is 5.82 Å². The minimum Gasteiger partial charge on any atom is -0.497 e. The number of fused-ring (bicyclic) bond motifs is 1. The van der Waals surface area contributed by atoms with E-state index < -0.39 is 5.82 Å². The Morgan fingerprint density at radius 1 is 1.10 bits per heavy atom. The Kier molecular flexibility index (Phi) is 3.36. The zero-order valence-corrected chi connectivity index (χ0v) is 11.3. The van der Waals surface area contributed by atoms with Gasteiger partial charge in [-0.2, -0.15) is 0 Å². The number of benzene rings is 2. The summed E-state index contributed by atoms with van der Waals surface area (Å²) >= 11 is 0. The van der Waals surface area contributed by atoms with Crippen LogP contribution in [0.5, 0.6) is 5.75 Å². The summed E-state index contributed by atoms with van der Waals surface area (Å²) in [6.07, 6.45) is 1.61. The minimum absolute atomic E-state index is 0.00829. The Balaban J connectivity index is 2.13. The summed E-state index contributed by atoms with van der Waals surface area (Å²) in [4.78, 5) is 16.8. The Bertz CT molecular complexity index is 825. The van der Waals surface area contributed by atoms with Gasteiger partial charge in [0.2, 0.25) is 0 Å². The third kappa shape index (κ3) is 2.36. The average molecular weight is 281 g/mol. The van der Waals surface area contributed by atoms with Crippen molar-refractivity contribution in [1.29, 1.82) is 0 Å². The van der Waals surface area contributed by atoms with Crippen molar-refractivity contribution in [1.82, 2.24) is 4.98 Å². The Morgan fingerprint density at radius 2 is 1.90 bits per heavy atom. The molecular formula is C17H12FNO2. The van der Waals surface area contributed by atoms with Crippen molar-refractivity contribution in [3.63, 3.8) is 0 Å². The van der Waals surface area contributed by atoms with Crippen LogP contribution in [0.3, 0.4) is 0 Å². The van der Waals surface area contributed by atoms with E-state index in [9.17, 15) is 9.18 Å². The van der Waals surface area contributed by atoms with Gasteiger partial charge in [0.15, 0.2) is 5.78 Å². The van der Waals surface area contributed by atoms with E-state index >= 15 is 0 Å². The average Bonchev–Trinajstić information content (AvgIpc) is 2.53. The van der Waals surface area contributed by atoms with Gasteiger partial charge in [-0.15, -0.1) is 0 Å².